The van der Waals surface area contributed by atoms with E-state index in [1.54, 1.807) is 36.1 Å². The average Bonchev–Trinajstić information content (AvgIpc) is 3.20. The minimum absolute atomic E-state index is 0.0485. The molecule has 11 heteroatoms. The molecule has 0 bridgehead atoms. The molecular weight excluding hydrogens is 480 g/mol. The van der Waals surface area contributed by atoms with E-state index < -0.39 is 5.91 Å². The summed E-state index contributed by atoms with van der Waals surface area (Å²) in [5.74, 6) is -0.0926. The molecule has 0 saturated carbocycles. The lowest BCUT2D eigenvalue weighted by Gasteiger charge is -2.32. The Bertz CT molecular complexity index is 1330. The Morgan fingerprint density at radius 3 is 2.69 bits per heavy atom. The average molecular weight is 511 g/mol. The van der Waals surface area contributed by atoms with Crippen LogP contribution >= 0.6 is 11.3 Å². The molecule has 0 atom stereocenters. The van der Waals surface area contributed by atoms with Gasteiger partial charge in [-0.1, -0.05) is 12.1 Å². The van der Waals surface area contributed by atoms with Gasteiger partial charge in [0.15, 0.2) is 12.2 Å². The molecule has 0 spiro atoms. The number of carbonyl (C=O) groups is 2. The van der Waals surface area contributed by atoms with Crippen LogP contribution in [0.1, 0.15) is 6.92 Å². The van der Waals surface area contributed by atoms with E-state index >= 15 is 0 Å². The fourth-order valence-electron chi connectivity index (χ4n) is 3.56. The predicted octanol–water partition coefficient (Wildman–Crippen LogP) is -0.0909. The van der Waals surface area contributed by atoms with E-state index in [1.165, 1.54) is 16.8 Å². The zero-order chi connectivity index (χ0) is 26.1. The highest BCUT2D eigenvalue weighted by Gasteiger charge is 2.19. The summed E-state index contributed by atoms with van der Waals surface area (Å²) < 4.78 is 7.72. The van der Waals surface area contributed by atoms with Crippen molar-refractivity contribution in [1.82, 2.24) is 19.7 Å². The van der Waals surface area contributed by atoms with Gasteiger partial charge in [0.05, 0.1) is 0 Å². The monoisotopic (exact) mass is 510 g/mol. The molecule has 190 valence electrons. The maximum atomic E-state index is 12.9. The van der Waals surface area contributed by atoms with Crippen molar-refractivity contribution in [2.24, 2.45) is 0 Å². The van der Waals surface area contributed by atoms with Gasteiger partial charge in [0.1, 0.15) is 21.0 Å². The summed E-state index contributed by atoms with van der Waals surface area (Å²) in [4.78, 5) is 41.6. The number of nitrogens with one attached hydrogen (secondary N) is 2. The third-order valence-electron chi connectivity index (χ3n) is 5.61. The fourth-order valence-corrected chi connectivity index (χ4v) is 4.64. The molecular formula is C25H30N6O4S. The summed E-state index contributed by atoms with van der Waals surface area (Å²) >= 11 is 1.06. The predicted molar refractivity (Wildman–Crippen MR) is 140 cm³/mol. The van der Waals surface area contributed by atoms with Crippen molar-refractivity contribution >= 4 is 40.6 Å². The maximum absolute atomic E-state index is 12.9. The van der Waals surface area contributed by atoms with E-state index in [0.717, 1.165) is 24.4 Å². The number of hydrogen-bond donors (Lipinski definition) is 2. The van der Waals surface area contributed by atoms with Crippen LogP contribution in [0.3, 0.4) is 0 Å². The highest BCUT2D eigenvalue weighted by molar-refractivity contribution is 7.07. The van der Waals surface area contributed by atoms with Gasteiger partial charge in [-0.05, 0) is 26.1 Å². The van der Waals surface area contributed by atoms with E-state index in [-0.39, 0.29) is 30.2 Å². The standard InChI is InChI=1S/C25H30N6O4S/c1-4-9-27-23(33)20(15-26)25-31(5-2)24(34)21(36-25)16-28-18-7-6-8-19(14-18)35-17-22(32)30-12-10-29(3)11-13-30/h4,6-8,14,16,28H,1,5,9-13,17H2,2-3H3,(H,27,33). The van der Waals surface area contributed by atoms with Crippen molar-refractivity contribution in [3.05, 3.63) is 56.5 Å². The largest absolute Gasteiger partial charge is 0.484 e. The lowest BCUT2D eigenvalue weighted by Crippen LogP contribution is -2.48. The molecule has 2 amide bonds. The normalized spacial score (nSPS) is 15.1. The smallest absolute Gasteiger partial charge is 0.270 e. The number of carbonyl (C=O) groups excluding carboxylic acids is 2. The first-order valence-electron chi connectivity index (χ1n) is 11.6. The van der Waals surface area contributed by atoms with Crippen molar-refractivity contribution in [3.63, 3.8) is 0 Å². The Morgan fingerprint density at radius 2 is 2.03 bits per heavy atom. The number of anilines is 1. The molecule has 2 N–H and O–H groups in total. The SMILES string of the molecule is C=CCNC(=O)C(C#N)=c1sc(=CNc2cccc(OCC(=O)N3CCN(C)CC3)c2)c(=O)n1CC. The quantitative estimate of drug-likeness (QED) is 0.453. The summed E-state index contributed by atoms with van der Waals surface area (Å²) in [6.45, 7) is 8.86. The van der Waals surface area contributed by atoms with Crippen LogP contribution in [0.2, 0.25) is 0 Å². The van der Waals surface area contributed by atoms with Gasteiger partial charge >= 0.3 is 0 Å². The topological polar surface area (TPSA) is 120 Å². The van der Waals surface area contributed by atoms with Crippen molar-refractivity contribution < 1.29 is 14.3 Å². The summed E-state index contributed by atoms with van der Waals surface area (Å²) in [6.07, 6.45) is 3.05. The first-order valence-corrected chi connectivity index (χ1v) is 12.4. The zero-order valence-corrected chi connectivity index (χ0v) is 21.3. The zero-order valence-electron chi connectivity index (χ0n) is 20.5. The van der Waals surface area contributed by atoms with Crippen LogP contribution in [-0.4, -0.2) is 72.6 Å². The number of aromatic nitrogens is 1. The van der Waals surface area contributed by atoms with Crippen LogP contribution in [0.25, 0.3) is 11.8 Å². The minimum Gasteiger partial charge on any atom is -0.484 e. The van der Waals surface area contributed by atoms with E-state index in [0.29, 0.717) is 40.3 Å². The molecule has 1 aliphatic heterocycles. The Kier molecular flexibility index (Phi) is 9.44. The fraction of sp³-hybridized carbons (Fsp3) is 0.360. The number of rotatable bonds is 9. The first-order chi connectivity index (χ1) is 17.4. The van der Waals surface area contributed by atoms with Gasteiger partial charge in [0.2, 0.25) is 0 Å². The highest BCUT2D eigenvalue weighted by atomic mass is 32.1. The molecule has 1 aliphatic rings. The van der Waals surface area contributed by atoms with E-state index in [4.69, 9.17) is 4.74 Å². The lowest BCUT2D eigenvalue weighted by molar-refractivity contribution is -0.134. The van der Waals surface area contributed by atoms with Crippen LogP contribution in [-0.2, 0) is 16.1 Å². The Labute approximate surface area is 213 Å². The number of amides is 2. The molecule has 2 heterocycles. The second kappa shape index (κ2) is 12.7. The van der Waals surface area contributed by atoms with Gasteiger partial charge in [-0.2, -0.15) is 5.26 Å². The molecule has 2 aromatic rings. The van der Waals surface area contributed by atoms with Gasteiger partial charge in [0, 0.05) is 57.2 Å². The third kappa shape index (κ3) is 6.62. The van der Waals surface area contributed by atoms with Crippen molar-refractivity contribution in [3.8, 4) is 11.8 Å². The Balaban J connectivity index is 1.76. The van der Waals surface area contributed by atoms with Gasteiger partial charge < -0.3 is 25.2 Å². The number of benzene rings is 1. The molecule has 0 unspecified atom stereocenters. The third-order valence-corrected chi connectivity index (χ3v) is 6.74. The minimum atomic E-state index is -0.559. The number of nitriles is 1. The summed E-state index contributed by atoms with van der Waals surface area (Å²) in [5.41, 5.74) is 0.227. The molecule has 0 aliphatic carbocycles. The summed E-state index contributed by atoms with van der Waals surface area (Å²) in [6, 6.07) is 8.98. The number of hydrogen-bond acceptors (Lipinski definition) is 8. The van der Waals surface area contributed by atoms with Gasteiger partial charge in [0.25, 0.3) is 17.4 Å². The van der Waals surface area contributed by atoms with Crippen LogP contribution in [0, 0.1) is 11.3 Å². The van der Waals surface area contributed by atoms with Gasteiger partial charge in [-0.25, -0.2) is 0 Å². The summed E-state index contributed by atoms with van der Waals surface area (Å²) in [5, 5.41) is 15.2. The van der Waals surface area contributed by atoms with Crippen molar-refractivity contribution in [2.45, 2.75) is 13.5 Å². The molecule has 3 rings (SSSR count). The molecule has 10 nitrogen and oxygen atoms in total. The van der Waals surface area contributed by atoms with E-state index in [2.05, 4.69) is 22.1 Å². The van der Waals surface area contributed by atoms with Crippen molar-refractivity contribution in [1.29, 1.82) is 5.26 Å². The number of ether oxygens (including phenoxy) is 1. The van der Waals surface area contributed by atoms with E-state index in [1.807, 2.05) is 13.1 Å². The van der Waals surface area contributed by atoms with E-state index in [9.17, 15) is 19.6 Å². The van der Waals surface area contributed by atoms with Crippen LogP contribution in [0.4, 0.5) is 5.69 Å². The first kappa shape index (κ1) is 26.7. The molecule has 1 aromatic carbocycles. The number of likely N-dealkylation sites (N-methyl/N-ethyl adjacent to an activating group) is 1. The van der Waals surface area contributed by atoms with Crippen LogP contribution in [0.5, 0.6) is 5.75 Å². The summed E-state index contributed by atoms with van der Waals surface area (Å²) in [7, 11) is 2.03. The Hall–Kier alpha value is -3.88. The highest BCUT2D eigenvalue weighted by Crippen LogP contribution is 2.17. The second-order valence-corrected chi connectivity index (χ2v) is 9.13. The van der Waals surface area contributed by atoms with Crippen LogP contribution in [0.15, 0.2) is 41.7 Å². The molecule has 1 fully saturated rings. The maximum Gasteiger partial charge on any atom is 0.270 e. The molecule has 36 heavy (non-hydrogen) atoms. The molecule has 0 radical (unpaired) electrons. The lowest BCUT2D eigenvalue weighted by atomic mass is 10.3. The van der Waals surface area contributed by atoms with Gasteiger partial charge in [-0.15, -0.1) is 17.9 Å². The Morgan fingerprint density at radius 1 is 1.28 bits per heavy atom. The van der Waals surface area contributed by atoms with Crippen LogP contribution < -0.4 is 30.1 Å². The second-order valence-electron chi connectivity index (χ2n) is 8.10. The molecule has 1 saturated heterocycles. The number of piperazine rings is 1. The van der Waals surface area contributed by atoms with Crippen molar-refractivity contribution in [2.75, 3.05) is 51.7 Å². The number of thiazole rings is 1. The number of nitrogens with zero attached hydrogens (tertiary/aromatic N) is 4. The van der Waals surface area contributed by atoms with Gasteiger partial charge in [-0.3, -0.25) is 19.0 Å². The molecule has 1 aromatic heterocycles.